The summed E-state index contributed by atoms with van der Waals surface area (Å²) in [4.78, 5) is 43.9. The molecule has 8 nitrogen and oxygen atoms in total. The quantitative estimate of drug-likeness (QED) is 0.609. The van der Waals surface area contributed by atoms with Crippen LogP contribution in [-0.2, 0) is 14.3 Å². The van der Waals surface area contributed by atoms with E-state index in [1.807, 2.05) is 6.92 Å². The van der Waals surface area contributed by atoms with Crippen LogP contribution in [0.15, 0.2) is 24.3 Å². The van der Waals surface area contributed by atoms with Gasteiger partial charge in [0, 0.05) is 6.54 Å². The normalized spacial score (nSPS) is 18.3. The molecule has 1 unspecified atom stereocenters. The first kappa shape index (κ1) is 19.8. The molecule has 1 aliphatic heterocycles. The molecule has 1 aromatic heterocycles. The van der Waals surface area contributed by atoms with Gasteiger partial charge in [0.2, 0.25) is 0 Å². The maximum Gasteiger partial charge on any atom is 0.350 e. The molecule has 0 saturated carbocycles. The highest BCUT2D eigenvalue weighted by Crippen LogP contribution is 2.38. The first-order chi connectivity index (χ1) is 13.3. The Kier molecular flexibility index (Phi) is 5.37. The Labute approximate surface area is 166 Å². The minimum absolute atomic E-state index is 0.199. The largest absolute Gasteiger partial charge is 0.465 e. The predicted octanol–water partition coefficient (Wildman–Crippen LogP) is 2.77. The van der Waals surface area contributed by atoms with Crippen LogP contribution < -0.4 is 15.0 Å². The topological polar surface area (TPSA) is 97.8 Å². The molecule has 0 saturated heterocycles. The zero-order valence-corrected chi connectivity index (χ0v) is 16.9. The Morgan fingerprint density at radius 3 is 2.71 bits per heavy atom. The number of likely N-dealkylation sites (N-methyl/N-ethyl adjacent to an activating group) is 1. The van der Waals surface area contributed by atoms with Crippen molar-refractivity contribution in [3.63, 3.8) is 0 Å². The van der Waals surface area contributed by atoms with Gasteiger partial charge in [-0.3, -0.25) is 14.9 Å². The van der Waals surface area contributed by atoms with E-state index in [1.54, 1.807) is 38.1 Å². The van der Waals surface area contributed by atoms with Crippen molar-refractivity contribution in [3.8, 4) is 5.75 Å². The summed E-state index contributed by atoms with van der Waals surface area (Å²) >= 11 is 0.994. The molecule has 1 N–H and O–H groups in total. The van der Waals surface area contributed by atoms with Gasteiger partial charge < -0.3 is 14.4 Å². The summed E-state index contributed by atoms with van der Waals surface area (Å²) in [5.74, 6) is -1.18. The number of aryl methyl sites for hydroxylation is 1. The summed E-state index contributed by atoms with van der Waals surface area (Å²) in [7, 11) is 0. The number of rotatable bonds is 5. The number of carbonyl (C=O) groups is 3. The molecule has 2 amide bonds. The van der Waals surface area contributed by atoms with Gasteiger partial charge in [-0.2, -0.15) is 0 Å². The number of benzene rings is 1. The molecule has 2 aromatic rings. The molecule has 3 rings (SSSR count). The van der Waals surface area contributed by atoms with Gasteiger partial charge in [-0.15, -0.1) is 0 Å². The summed E-state index contributed by atoms with van der Waals surface area (Å²) in [6.07, 6.45) is 0. The van der Waals surface area contributed by atoms with Crippen molar-refractivity contribution in [1.82, 2.24) is 4.98 Å². The van der Waals surface area contributed by atoms with Gasteiger partial charge in [0.15, 0.2) is 5.13 Å². The number of esters is 1. The van der Waals surface area contributed by atoms with E-state index in [2.05, 4.69) is 10.3 Å². The van der Waals surface area contributed by atoms with E-state index in [-0.39, 0.29) is 11.7 Å². The van der Waals surface area contributed by atoms with Crippen LogP contribution in [0.4, 0.5) is 10.8 Å². The van der Waals surface area contributed by atoms with Crippen LogP contribution in [0, 0.1) is 6.92 Å². The lowest BCUT2D eigenvalue weighted by Crippen LogP contribution is -2.60. The number of hydrogen-bond acceptors (Lipinski definition) is 7. The Morgan fingerprint density at radius 1 is 1.32 bits per heavy atom. The number of aromatic nitrogens is 1. The van der Waals surface area contributed by atoms with Gasteiger partial charge in [-0.05, 0) is 39.8 Å². The molecule has 1 aliphatic rings. The molecule has 0 aliphatic carbocycles. The van der Waals surface area contributed by atoms with Crippen LogP contribution in [0.3, 0.4) is 0 Å². The standard InChI is InChI=1S/C19H21N3O5S/c1-5-22-12-9-7-8-10-13(12)27-19(4,17(22)25)16(24)21-18-20-11(3)14(28-18)15(23)26-6-2/h7-10H,5-6H2,1-4H3,(H,20,21,24). The molecule has 9 heteroatoms. The number of hydrogen-bond donors (Lipinski definition) is 1. The average Bonchev–Trinajstić information content (AvgIpc) is 3.03. The Hall–Kier alpha value is -2.94. The van der Waals surface area contributed by atoms with Crippen molar-refractivity contribution in [2.45, 2.75) is 33.3 Å². The summed E-state index contributed by atoms with van der Waals surface area (Å²) < 4.78 is 10.8. The van der Waals surface area contributed by atoms with Crippen LogP contribution in [0.1, 0.15) is 36.1 Å². The molecule has 2 heterocycles. The van der Waals surface area contributed by atoms with E-state index in [4.69, 9.17) is 9.47 Å². The molecule has 1 aromatic carbocycles. The third-order valence-corrected chi connectivity index (χ3v) is 5.40. The SMILES string of the molecule is CCOC(=O)c1sc(NC(=O)C2(C)Oc3ccccc3N(CC)C2=O)nc1C. The van der Waals surface area contributed by atoms with Crippen LogP contribution in [0.25, 0.3) is 0 Å². The number of carbonyl (C=O) groups excluding carboxylic acids is 3. The zero-order chi connectivity index (χ0) is 20.5. The molecular formula is C19H21N3O5S. The van der Waals surface area contributed by atoms with Crippen molar-refractivity contribution in [3.05, 3.63) is 34.8 Å². The zero-order valence-electron chi connectivity index (χ0n) is 16.1. The lowest BCUT2D eigenvalue weighted by molar-refractivity contribution is -0.145. The summed E-state index contributed by atoms with van der Waals surface area (Å²) in [6, 6.07) is 7.05. The van der Waals surface area contributed by atoms with Gasteiger partial charge in [0.1, 0.15) is 10.6 Å². The number of nitrogens with one attached hydrogen (secondary N) is 1. The highest BCUT2D eigenvalue weighted by molar-refractivity contribution is 7.17. The first-order valence-electron chi connectivity index (χ1n) is 8.87. The number of fused-ring (bicyclic) bond motifs is 1. The molecular weight excluding hydrogens is 382 g/mol. The van der Waals surface area contributed by atoms with E-state index < -0.39 is 23.4 Å². The molecule has 0 spiro atoms. The summed E-state index contributed by atoms with van der Waals surface area (Å²) in [5, 5.41) is 2.80. The van der Waals surface area contributed by atoms with Crippen molar-refractivity contribution >= 4 is 39.9 Å². The van der Waals surface area contributed by atoms with Gasteiger partial charge in [-0.25, -0.2) is 9.78 Å². The molecule has 28 heavy (non-hydrogen) atoms. The number of para-hydroxylation sites is 2. The second kappa shape index (κ2) is 7.59. The Balaban J connectivity index is 1.87. The molecule has 0 bridgehead atoms. The Morgan fingerprint density at radius 2 is 2.04 bits per heavy atom. The number of anilines is 2. The third kappa shape index (κ3) is 3.33. The molecule has 148 valence electrons. The lowest BCUT2D eigenvalue weighted by Gasteiger charge is -2.38. The lowest BCUT2D eigenvalue weighted by atomic mass is 10.00. The van der Waals surface area contributed by atoms with Gasteiger partial charge in [-0.1, -0.05) is 23.5 Å². The minimum Gasteiger partial charge on any atom is -0.465 e. The smallest absolute Gasteiger partial charge is 0.350 e. The highest BCUT2D eigenvalue weighted by Gasteiger charge is 2.50. The van der Waals surface area contributed by atoms with Crippen LogP contribution >= 0.6 is 11.3 Å². The van der Waals surface area contributed by atoms with Crippen molar-refractivity contribution < 1.29 is 23.9 Å². The fourth-order valence-corrected chi connectivity index (χ4v) is 3.76. The van der Waals surface area contributed by atoms with Crippen molar-refractivity contribution in [1.29, 1.82) is 0 Å². The van der Waals surface area contributed by atoms with E-state index in [1.165, 1.54) is 11.8 Å². The first-order valence-corrected chi connectivity index (χ1v) is 9.69. The third-order valence-electron chi connectivity index (χ3n) is 4.35. The number of thiazole rings is 1. The van der Waals surface area contributed by atoms with Crippen LogP contribution in [0.2, 0.25) is 0 Å². The van der Waals surface area contributed by atoms with E-state index in [0.717, 1.165) is 11.3 Å². The van der Waals surface area contributed by atoms with Gasteiger partial charge in [0.05, 0.1) is 18.0 Å². The number of ether oxygens (including phenoxy) is 2. The molecule has 1 atom stereocenters. The van der Waals surface area contributed by atoms with Crippen LogP contribution in [-0.4, -0.2) is 41.5 Å². The second-order valence-electron chi connectivity index (χ2n) is 6.26. The number of nitrogens with zero attached hydrogens (tertiary/aromatic N) is 2. The molecule has 0 radical (unpaired) electrons. The predicted molar refractivity (Wildman–Crippen MR) is 105 cm³/mol. The van der Waals surface area contributed by atoms with E-state index >= 15 is 0 Å². The van der Waals surface area contributed by atoms with Crippen molar-refractivity contribution in [2.75, 3.05) is 23.4 Å². The monoisotopic (exact) mass is 403 g/mol. The van der Waals surface area contributed by atoms with Gasteiger partial charge in [0.25, 0.3) is 17.4 Å². The summed E-state index contributed by atoms with van der Waals surface area (Å²) in [5.41, 5.74) is -0.691. The maximum absolute atomic E-state index is 13.0. The fourth-order valence-electron chi connectivity index (χ4n) is 2.91. The van der Waals surface area contributed by atoms with E-state index in [0.29, 0.717) is 28.6 Å². The fraction of sp³-hybridized carbons (Fsp3) is 0.368. The van der Waals surface area contributed by atoms with Gasteiger partial charge >= 0.3 is 5.97 Å². The second-order valence-corrected chi connectivity index (χ2v) is 7.26. The molecule has 0 fully saturated rings. The highest BCUT2D eigenvalue weighted by atomic mass is 32.1. The maximum atomic E-state index is 13.0. The van der Waals surface area contributed by atoms with Crippen LogP contribution in [0.5, 0.6) is 5.75 Å². The average molecular weight is 403 g/mol. The Bertz CT molecular complexity index is 941. The number of amides is 2. The van der Waals surface area contributed by atoms with Crippen molar-refractivity contribution in [2.24, 2.45) is 0 Å². The van der Waals surface area contributed by atoms with E-state index in [9.17, 15) is 14.4 Å². The minimum atomic E-state index is -1.76. The summed E-state index contributed by atoms with van der Waals surface area (Å²) in [6.45, 7) is 7.25.